The van der Waals surface area contributed by atoms with Crippen LogP contribution in [0.15, 0.2) is 54.6 Å². The molecule has 2 rings (SSSR count). The van der Waals surface area contributed by atoms with E-state index in [2.05, 4.69) is 5.32 Å². The van der Waals surface area contributed by atoms with Gasteiger partial charge in [-0.15, -0.1) is 0 Å². The fraction of sp³-hybridized carbons (Fsp3) is 0.333. The largest absolute Gasteiger partial charge is 0.493 e. The molecule has 0 bridgehead atoms. The molecular formula is C21H25NO5. The predicted molar refractivity (Wildman–Crippen MR) is 102 cm³/mol. The molecule has 0 saturated heterocycles. The lowest BCUT2D eigenvalue weighted by Gasteiger charge is -2.21. The van der Waals surface area contributed by atoms with Gasteiger partial charge in [-0.1, -0.05) is 42.5 Å². The van der Waals surface area contributed by atoms with E-state index in [0.29, 0.717) is 17.9 Å². The number of hydrogen-bond donors (Lipinski definition) is 1. The molecular weight excluding hydrogens is 346 g/mol. The van der Waals surface area contributed by atoms with Gasteiger partial charge in [0.25, 0.3) is 5.91 Å². The van der Waals surface area contributed by atoms with Gasteiger partial charge in [0.2, 0.25) is 0 Å². The van der Waals surface area contributed by atoms with E-state index in [1.54, 1.807) is 32.0 Å². The standard InChI is InChI=1S/C21H25NO5/c1-4-26-21(24)17(14-16-10-6-5-7-11-16)22-20(23)15(2)27-19-13-9-8-12-18(19)25-3/h5-13,15,17H,4,14H2,1-3H3,(H,22,23). The lowest BCUT2D eigenvalue weighted by molar-refractivity contribution is -0.148. The Morgan fingerprint density at radius 1 is 1.00 bits per heavy atom. The van der Waals surface area contributed by atoms with Crippen molar-refractivity contribution < 1.29 is 23.8 Å². The molecule has 0 aliphatic carbocycles. The Bertz CT molecular complexity index is 747. The van der Waals surface area contributed by atoms with E-state index >= 15 is 0 Å². The molecule has 6 heteroatoms. The van der Waals surface area contributed by atoms with Crippen molar-refractivity contribution in [1.82, 2.24) is 5.32 Å². The molecule has 144 valence electrons. The van der Waals surface area contributed by atoms with Crippen LogP contribution in [-0.2, 0) is 20.7 Å². The van der Waals surface area contributed by atoms with Crippen LogP contribution < -0.4 is 14.8 Å². The van der Waals surface area contributed by atoms with Crippen molar-refractivity contribution in [3.8, 4) is 11.5 Å². The van der Waals surface area contributed by atoms with Crippen molar-refractivity contribution in [2.75, 3.05) is 13.7 Å². The number of ether oxygens (including phenoxy) is 3. The van der Waals surface area contributed by atoms with Crippen LogP contribution in [0.2, 0.25) is 0 Å². The fourth-order valence-corrected chi connectivity index (χ4v) is 2.54. The molecule has 0 fully saturated rings. The maximum atomic E-state index is 12.6. The molecule has 0 aliphatic rings. The second-order valence-corrected chi connectivity index (χ2v) is 5.91. The molecule has 0 aliphatic heterocycles. The zero-order valence-corrected chi connectivity index (χ0v) is 15.8. The van der Waals surface area contributed by atoms with Crippen LogP contribution in [0.5, 0.6) is 11.5 Å². The third-order valence-electron chi connectivity index (χ3n) is 3.91. The van der Waals surface area contributed by atoms with E-state index in [9.17, 15) is 9.59 Å². The zero-order valence-electron chi connectivity index (χ0n) is 15.8. The number of hydrogen-bond acceptors (Lipinski definition) is 5. The van der Waals surface area contributed by atoms with Crippen molar-refractivity contribution in [1.29, 1.82) is 0 Å². The number of benzene rings is 2. The molecule has 0 spiro atoms. The normalized spacial score (nSPS) is 12.6. The Balaban J connectivity index is 2.06. The zero-order chi connectivity index (χ0) is 19.6. The Morgan fingerprint density at radius 3 is 2.26 bits per heavy atom. The highest BCUT2D eigenvalue weighted by Gasteiger charge is 2.26. The summed E-state index contributed by atoms with van der Waals surface area (Å²) in [5.74, 6) is 0.107. The summed E-state index contributed by atoms with van der Waals surface area (Å²) in [6, 6.07) is 15.7. The highest BCUT2D eigenvalue weighted by Crippen LogP contribution is 2.26. The number of esters is 1. The topological polar surface area (TPSA) is 73.9 Å². The number of para-hydroxylation sites is 2. The van der Waals surface area contributed by atoms with Gasteiger partial charge in [0.05, 0.1) is 13.7 Å². The Morgan fingerprint density at radius 2 is 1.63 bits per heavy atom. The van der Waals surface area contributed by atoms with Crippen LogP contribution in [0.25, 0.3) is 0 Å². The summed E-state index contributed by atoms with van der Waals surface area (Å²) in [7, 11) is 1.53. The quantitative estimate of drug-likeness (QED) is 0.686. The Labute approximate surface area is 159 Å². The third-order valence-corrected chi connectivity index (χ3v) is 3.91. The summed E-state index contributed by atoms with van der Waals surface area (Å²) in [6.45, 7) is 3.59. The average molecular weight is 371 g/mol. The van der Waals surface area contributed by atoms with E-state index in [-0.39, 0.29) is 6.61 Å². The molecule has 1 N–H and O–H groups in total. The minimum Gasteiger partial charge on any atom is -0.493 e. The van der Waals surface area contributed by atoms with Crippen LogP contribution in [-0.4, -0.2) is 37.7 Å². The predicted octanol–water partition coefficient (Wildman–Crippen LogP) is 2.75. The summed E-state index contributed by atoms with van der Waals surface area (Å²) >= 11 is 0. The molecule has 2 aromatic rings. The van der Waals surface area contributed by atoms with Crippen molar-refractivity contribution in [3.63, 3.8) is 0 Å². The Kier molecular flexibility index (Phi) is 7.67. The van der Waals surface area contributed by atoms with Crippen molar-refractivity contribution in [2.45, 2.75) is 32.4 Å². The summed E-state index contributed by atoms with van der Waals surface area (Å²) < 4.78 is 16.0. The van der Waals surface area contributed by atoms with Crippen LogP contribution in [0.1, 0.15) is 19.4 Å². The number of nitrogens with one attached hydrogen (secondary N) is 1. The van der Waals surface area contributed by atoms with Gasteiger partial charge in [-0.25, -0.2) is 4.79 Å². The van der Waals surface area contributed by atoms with Gasteiger partial charge in [0.15, 0.2) is 17.6 Å². The molecule has 2 atom stereocenters. The highest BCUT2D eigenvalue weighted by molar-refractivity contribution is 5.87. The summed E-state index contributed by atoms with van der Waals surface area (Å²) in [4.78, 5) is 24.8. The van der Waals surface area contributed by atoms with Gasteiger partial charge in [-0.05, 0) is 31.5 Å². The minimum absolute atomic E-state index is 0.243. The van der Waals surface area contributed by atoms with E-state index < -0.39 is 24.0 Å². The van der Waals surface area contributed by atoms with Gasteiger partial charge in [0.1, 0.15) is 6.04 Å². The SMILES string of the molecule is CCOC(=O)C(Cc1ccccc1)NC(=O)C(C)Oc1ccccc1OC. The van der Waals surface area contributed by atoms with Crippen molar-refractivity contribution >= 4 is 11.9 Å². The number of methoxy groups -OCH3 is 1. The highest BCUT2D eigenvalue weighted by atomic mass is 16.5. The molecule has 27 heavy (non-hydrogen) atoms. The number of amides is 1. The first-order chi connectivity index (χ1) is 13.0. The first-order valence-electron chi connectivity index (χ1n) is 8.85. The molecule has 0 saturated carbocycles. The van der Waals surface area contributed by atoms with Gasteiger partial charge < -0.3 is 19.5 Å². The Hall–Kier alpha value is -3.02. The van der Waals surface area contributed by atoms with E-state index in [4.69, 9.17) is 14.2 Å². The molecule has 0 heterocycles. The first kappa shape index (κ1) is 20.3. The number of carbonyl (C=O) groups excluding carboxylic acids is 2. The lowest BCUT2D eigenvalue weighted by Crippen LogP contribution is -2.48. The third kappa shape index (κ3) is 6.02. The molecule has 6 nitrogen and oxygen atoms in total. The second-order valence-electron chi connectivity index (χ2n) is 5.91. The summed E-state index contributed by atoms with van der Waals surface area (Å²) in [5.41, 5.74) is 0.925. The minimum atomic E-state index is -0.811. The first-order valence-corrected chi connectivity index (χ1v) is 8.85. The van der Waals surface area contributed by atoms with Crippen LogP contribution in [0.3, 0.4) is 0 Å². The van der Waals surface area contributed by atoms with Crippen LogP contribution >= 0.6 is 0 Å². The van der Waals surface area contributed by atoms with Crippen LogP contribution in [0, 0.1) is 0 Å². The van der Waals surface area contributed by atoms with Gasteiger partial charge >= 0.3 is 5.97 Å². The lowest BCUT2D eigenvalue weighted by atomic mass is 10.1. The number of rotatable bonds is 9. The van der Waals surface area contributed by atoms with Gasteiger partial charge in [-0.3, -0.25) is 4.79 Å². The maximum Gasteiger partial charge on any atom is 0.328 e. The van der Waals surface area contributed by atoms with Gasteiger partial charge in [-0.2, -0.15) is 0 Å². The second kappa shape index (κ2) is 10.2. The monoisotopic (exact) mass is 371 g/mol. The molecule has 0 aromatic heterocycles. The van der Waals surface area contributed by atoms with Gasteiger partial charge in [0, 0.05) is 6.42 Å². The molecule has 2 unspecified atom stereocenters. The smallest absolute Gasteiger partial charge is 0.328 e. The maximum absolute atomic E-state index is 12.6. The molecule has 1 amide bonds. The van der Waals surface area contributed by atoms with Crippen LogP contribution in [0.4, 0.5) is 0 Å². The van der Waals surface area contributed by atoms with E-state index in [1.165, 1.54) is 7.11 Å². The summed E-state index contributed by atoms with van der Waals surface area (Å²) in [5, 5.41) is 2.73. The van der Waals surface area contributed by atoms with Crippen molar-refractivity contribution in [2.24, 2.45) is 0 Å². The average Bonchev–Trinajstić information content (AvgIpc) is 2.68. The molecule has 0 radical (unpaired) electrons. The fourth-order valence-electron chi connectivity index (χ4n) is 2.54. The van der Waals surface area contributed by atoms with Crippen molar-refractivity contribution in [3.05, 3.63) is 60.2 Å². The number of carbonyl (C=O) groups is 2. The summed E-state index contributed by atoms with van der Waals surface area (Å²) in [6.07, 6.45) is -0.471. The van der Waals surface area contributed by atoms with E-state index in [1.807, 2.05) is 36.4 Å². The van der Waals surface area contributed by atoms with E-state index in [0.717, 1.165) is 5.56 Å². The molecule has 2 aromatic carbocycles.